The first-order chi connectivity index (χ1) is 10.8. The fourth-order valence-corrected chi connectivity index (χ4v) is 4.07. The lowest BCUT2D eigenvalue weighted by molar-refractivity contribution is -0.133. The first-order valence-electron chi connectivity index (χ1n) is 8.65. The maximum Gasteiger partial charge on any atom is 0.222 e. The fourth-order valence-electron chi connectivity index (χ4n) is 4.07. The lowest BCUT2D eigenvalue weighted by Gasteiger charge is -2.34. The molecule has 2 aliphatic rings. The van der Waals surface area contributed by atoms with Crippen molar-refractivity contribution in [3.05, 3.63) is 12.7 Å². The van der Waals surface area contributed by atoms with Crippen molar-refractivity contribution in [3.8, 4) is 0 Å². The summed E-state index contributed by atoms with van der Waals surface area (Å²) in [7, 11) is 0. The summed E-state index contributed by atoms with van der Waals surface area (Å²) in [5.41, 5.74) is 0. The van der Waals surface area contributed by atoms with Crippen molar-refractivity contribution < 1.29 is 4.79 Å². The van der Waals surface area contributed by atoms with E-state index in [1.165, 1.54) is 32.1 Å². The molecule has 0 bridgehead atoms. The third-order valence-corrected chi connectivity index (χ3v) is 5.13. The number of rotatable bonds is 6. The predicted octanol–water partition coefficient (Wildman–Crippen LogP) is 1.53. The summed E-state index contributed by atoms with van der Waals surface area (Å²) in [6.07, 6.45) is 9.58. The monoisotopic (exact) mass is 305 g/mol. The molecule has 1 aromatic rings. The van der Waals surface area contributed by atoms with Gasteiger partial charge in [0.1, 0.15) is 12.7 Å². The van der Waals surface area contributed by atoms with Crippen LogP contribution in [0.25, 0.3) is 0 Å². The number of likely N-dealkylation sites (N-methyl/N-ethyl adjacent to an activating group) is 1. The molecule has 3 heterocycles. The zero-order valence-corrected chi connectivity index (χ0v) is 13.5. The Balaban J connectivity index is 1.52. The Morgan fingerprint density at radius 3 is 2.82 bits per heavy atom. The van der Waals surface area contributed by atoms with E-state index in [4.69, 9.17) is 0 Å². The maximum absolute atomic E-state index is 12.6. The molecule has 0 aromatic carbocycles. The van der Waals surface area contributed by atoms with Crippen molar-refractivity contribution in [1.29, 1.82) is 0 Å². The van der Waals surface area contributed by atoms with E-state index in [-0.39, 0.29) is 0 Å². The van der Waals surface area contributed by atoms with Gasteiger partial charge in [0, 0.05) is 31.6 Å². The average molecular weight is 305 g/mol. The van der Waals surface area contributed by atoms with E-state index < -0.39 is 0 Å². The molecule has 0 spiro atoms. The van der Waals surface area contributed by atoms with Gasteiger partial charge in [0.05, 0.1) is 0 Å². The van der Waals surface area contributed by atoms with Gasteiger partial charge in [0.15, 0.2) is 0 Å². The quantitative estimate of drug-likeness (QED) is 0.800. The zero-order valence-electron chi connectivity index (χ0n) is 13.5. The minimum Gasteiger partial charge on any atom is -0.338 e. The van der Waals surface area contributed by atoms with Crippen LogP contribution in [0, 0.1) is 0 Å². The second-order valence-electron chi connectivity index (χ2n) is 6.40. The standard InChI is InChI=1S/C16H27N5O/c1-2-19-9-3-6-14(19)15-7-4-11-21(15)16(22)8-5-10-20-13-17-12-18-20/h12-15H,2-11H2,1H3. The molecule has 22 heavy (non-hydrogen) atoms. The number of hydrogen-bond acceptors (Lipinski definition) is 4. The Kier molecular flexibility index (Phi) is 5.08. The Morgan fingerprint density at radius 1 is 1.23 bits per heavy atom. The lowest BCUT2D eigenvalue weighted by Crippen LogP contribution is -2.48. The van der Waals surface area contributed by atoms with Crippen molar-refractivity contribution in [2.75, 3.05) is 19.6 Å². The SMILES string of the molecule is CCN1CCCC1C1CCCN1C(=O)CCCn1cncn1. The molecule has 122 valence electrons. The molecule has 0 saturated carbocycles. The van der Waals surface area contributed by atoms with Crippen LogP contribution in [0.2, 0.25) is 0 Å². The summed E-state index contributed by atoms with van der Waals surface area (Å²) in [6.45, 7) is 6.26. The maximum atomic E-state index is 12.6. The highest BCUT2D eigenvalue weighted by atomic mass is 16.2. The van der Waals surface area contributed by atoms with Gasteiger partial charge in [-0.05, 0) is 45.2 Å². The summed E-state index contributed by atoms with van der Waals surface area (Å²) >= 11 is 0. The van der Waals surface area contributed by atoms with E-state index in [2.05, 4.69) is 26.8 Å². The molecule has 6 heteroatoms. The second kappa shape index (κ2) is 7.22. The molecule has 2 atom stereocenters. The van der Waals surface area contributed by atoms with Gasteiger partial charge in [-0.25, -0.2) is 4.98 Å². The van der Waals surface area contributed by atoms with E-state index >= 15 is 0 Å². The van der Waals surface area contributed by atoms with Crippen molar-refractivity contribution in [3.63, 3.8) is 0 Å². The molecule has 2 aliphatic heterocycles. The smallest absolute Gasteiger partial charge is 0.222 e. The highest BCUT2D eigenvalue weighted by Gasteiger charge is 2.38. The third-order valence-electron chi connectivity index (χ3n) is 5.13. The highest BCUT2D eigenvalue weighted by molar-refractivity contribution is 5.76. The van der Waals surface area contributed by atoms with Gasteiger partial charge in [-0.15, -0.1) is 0 Å². The van der Waals surface area contributed by atoms with Crippen molar-refractivity contribution in [1.82, 2.24) is 24.6 Å². The Labute approximate surface area is 132 Å². The molecule has 2 unspecified atom stereocenters. The van der Waals surface area contributed by atoms with Gasteiger partial charge in [-0.3, -0.25) is 14.4 Å². The van der Waals surface area contributed by atoms with Crippen LogP contribution in [0.1, 0.15) is 45.4 Å². The van der Waals surface area contributed by atoms with Crippen LogP contribution < -0.4 is 0 Å². The van der Waals surface area contributed by atoms with Crippen LogP contribution in [0.4, 0.5) is 0 Å². The summed E-state index contributed by atoms with van der Waals surface area (Å²) in [5, 5.41) is 4.08. The Bertz CT molecular complexity index is 475. The number of aryl methyl sites for hydroxylation is 1. The molecule has 1 amide bonds. The second-order valence-corrected chi connectivity index (χ2v) is 6.40. The predicted molar refractivity (Wildman–Crippen MR) is 84.3 cm³/mol. The van der Waals surface area contributed by atoms with Crippen molar-refractivity contribution in [2.45, 2.75) is 64.1 Å². The van der Waals surface area contributed by atoms with E-state index in [1.807, 2.05) is 0 Å². The van der Waals surface area contributed by atoms with E-state index in [9.17, 15) is 4.79 Å². The molecule has 3 rings (SSSR count). The van der Waals surface area contributed by atoms with Crippen LogP contribution in [-0.4, -0.2) is 62.2 Å². The molecule has 0 N–H and O–H groups in total. The van der Waals surface area contributed by atoms with E-state index in [1.54, 1.807) is 11.0 Å². The van der Waals surface area contributed by atoms with Crippen LogP contribution in [0.3, 0.4) is 0 Å². The van der Waals surface area contributed by atoms with Crippen LogP contribution >= 0.6 is 0 Å². The number of aromatic nitrogens is 3. The highest BCUT2D eigenvalue weighted by Crippen LogP contribution is 2.30. The van der Waals surface area contributed by atoms with E-state index in [0.717, 1.165) is 32.5 Å². The first-order valence-corrected chi connectivity index (χ1v) is 8.65. The Hall–Kier alpha value is -1.43. The van der Waals surface area contributed by atoms with Gasteiger partial charge in [0.2, 0.25) is 5.91 Å². The minimum atomic E-state index is 0.325. The minimum absolute atomic E-state index is 0.325. The Morgan fingerprint density at radius 2 is 2.05 bits per heavy atom. The lowest BCUT2D eigenvalue weighted by atomic mass is 10.0. The largest absolute Gasteiger partial charge is 0.338 e. The number of hydrogen-bond donors (Lipinski definition) is 0. The number of carbonyl (C=O) groups is 1. The van der Waals surface area contributed by atoms with E-state index in [0.29, 0.717) is 24.4 Å². The van der Waals surface area contributed by atoms with Gasteiger partial charge < -0.3 is 4.90 Å². The molecule has 2 fully saturated rings. The zero-order chi connectivity index (χ0) is 15.4. The number of likely N-dealkylation sites (tertiary alicyclic amines) is 2. The number of nitrogens with zero attached hydrogens (tertiary/aromatic N) is 5. The summed E-state index contributed by atoms with van der Waals surface area (Å²) < 4.78 is 1.80. The summed E-state index contributed by atoms with van der Waals surface area (Å²) in [4.78, 5) is 21.3. The van der Waals surface area contributed by atoms with Crippen LogP contribution in [-0.2, 0) is 11.3 Å². The molecule has 1 aromatic heterocycles. The normalized spacial score (nSPS) is 26.0. The van der Waals surface area contributed by atoms with Crippen molar-refractivity contribution >= 4 is 5.91 Å². The van der Waals surface area contributed by atoms with Gasteiger partial charge in [0.25, 0.3) is 0 Å². The van der Waals surface area contributed by atoms with Gasteiger partial charge in [-0.2, -0.15) is 5.10 Å². The molecule has 2 saturated heterocycles. The summed E-state index contributed by atoms with van der Waals surface area (Å²) in [6, 6.07) is 1.04. The van der Waals surface area contributed by atoms with Crippen LogP contribution in [0.5, 0.6) is 0 Å². The van der Waals surface area contributed by atoms with Gasteiger partial charge >= 0.3 is 0 Å². The van der Waals surface area contributed by atoms with Crippen LogP contribution in [0.15, 0.2) is 12.7 Å². The average Bonchev–Trinajstić information content (AvgIpc) is 3.26. The number of carbonyl (C=O) groups excluding carboxylic acids is 1. The molecule has 0 radical (unpaired) electrons. The molecule has 6 nitrogen and oxygen atoms in total. The summed E-state index contributed by atoms with van der Waals surface area (Å²) in [5.74, 6) is 0.325. The third kappa shape index (κ3) is 3.32. The van der Waals surface area contributed by atoms with Gasteiger partial charge in [-0.1, -0.05) is 6.92 Å². The molecular formula is C16H27N5O. The number of amides is 1. The molecule has 0 aliphatic carbocycles. The van der Waals surface area contributed by atoms with Crippen molar-refractivity contribution in [2.24, 2.45) is 0 Å². The fraction of sp³-hybridized carbons (Fsp3) is 0.812. The molecular weight excluding hydrogens is 278 g/mol. The topological polar surface area (TPSA) is 54.3 Å². The first kappa shape index (κ1) is 15.5.